The van der Waals surface area contributed by atoms with Crippen LogP contribution in [0.5, 0.6) is 0 Å². The summed E-state index contributed by atoms with van der Waals surface area (Å²) >= 11 is 1.64. The minimum atomic E-state index is -3.55. The van der Waals surface area contributed by atoms with Crippen LogP contribution in [0.4, 0.5) is 0 Å². The Morgan fingerprint density at radius 3 is 2.61 bits per heavy atom. The van der Waals surface area contributed by atoms with Crippen molar-refractivity contribution in [3.8, 4) is 0 Å². The number of aromatic nitrogens is 4. The number of thioether (sulfide) groups is 1. The molecular weight excluding hydrogens is 460 g/mol. The van der Waals surface area contributed by atoms with Gasteiger partial charge in [0.1, 0.15) is 10.7 Å². The molecular formula is C22H32N6O3S2. The van der Waals surface area contributed by atoms with Crippen LogP contribution in [-0.4, -0.2) is 64.3 Å². The van der Waals surface area contributed by atoms with Crippen LogP contribution in [0.3, 0.4) is 0 Å². The zero-order valence-electron chi connectivity index (χ0n) is 19.0. The summed E-state index contributed by atoms with van der Waals surface area (Å²) in [6, 6.07) is 3.67. The number of carbonyl (C=O) groups excluding carboxylic acids is 1. The van der Waals surface area contributed by atoms with E-state index in [0.717, 1.165) is 23.8 Å². The van der Waals surface area contributed by atoms with Crippen molar-refractivity contribution in [3.63, 3.8) is 0 Å². The predicted molar refractivity (Wildman–Crippen MR) is 126 cm³/mol. The van der Waals surface area contributed by atoms with Crippen LogP contribution in [0.15, 0.2) is 34.6 Å². The third kappa shape index (κ3) is 5.58. The minimum absolute atomic E-state index is 0.00971. The third-order valence-corrected chi connectivity index (χ3v) is 9.11. The molecule has 2 aromatic heterocycles. The van der Waals surface area contributed by atoms with Crippen molar-refractivity contribution >= 4 is 27.7 Å². The van der Waals surface area contributed by atoms with Gasteiger partial charge in [-0.05, 0) is 50.5 Å². The molecule has 2 aliphatic rings. The van der Waals surface area contributed by atoms with Gasteiger partial charge in [0.15, 0.2) is 5.16 Å². The van der Waals surface area contributed by atoms with Crippen LogP contribution in [0.25, 0.3) is 0 Å². The van der Waals surface area contributed by atoms with Crippen LogP contribution in [0, 0.1) is 5.92 Å². The number of carbonyl (C=O) groups is 1. The molecule has 2 aromatic rings. The summed E-state index contributed by atoms with van der Waals surface area (Å²) in [6.07, 6.45) is 12.5. The number of pyridine rings is 1. The lowest BCUT2D eigenvalue weighted by Gasteiger charge is -2.30. The van der Waals surface area contributed by atoms with Crippen LogP contribution in [0.1, 0.15) is 56.8 Å². The molecule has 180 valence electrons. The number of nitrogens with one attached hydrogen (secondary N) is 1. The van der Waals surface area contributed by atoms with Crippen molar-refractivity contribution in [2.45, 2.75) is 67.5 Å². The van der Waals surface area contributed by atoms with Crippen LogP contribution in [0.2, 0.25) is 0 Å². The highest BCUT2D eigenvalue weighted by atomic mass is 32.2. The summed E-state index contributed by atoms with van der Waals surface area (Å²) in [6.45, 7) is 1.27. The maximum atomic E-state index is 12.7. The summed E-state index contributed by atoms with van der Waals surface area (Å²) in [4.78, 5) is 16.7. The normalized spacial score (nSPS) is 18.6. The van der Waals surface area contributed by atoms with Gasteiger partial charge in [-0.2, -0.15) is 4.31 Å². The number of hydrogen-bond acceptors (Lipinski definition) is 7. The van der Waals surface area contributed by atoms with Crippen molar-refractivity contribution in [2.75, 3.05) is 25.9 Å². The van der Waals surface area contributed by atoms with E-state index in [9.17, 15) is 13.2 Å². The highest BCUT2D eigenvalue weighted by Crippen LogP contribution is 2.33. The average Bonchev–Trinajstić information content (AvgIpc) is 3.52. The standard InChI is InChI=1S/C22H32N6O3S2/c1-32-22-26-25-20(28(22)18-6-2-3-7-18)9-5-13-24-21(29)17-10-14-27(15-11-17)33(30,31)19-8-4-12-23-16-19/h4,8,12,16-18H,2-3,5-7,9-11,13-15H2,1H3,(H,24,29). The van der Waals surface area contributed by atoms with Gasteiger partial charge in [-0.15, -0.1) is 10.2 Å². The molecule has 1 N–H and O–H groups in total. The molecule has 0 radical (unpaired) electrons. The van der Waals surface area contributed by atoms with E-state index in [-0.39, 0.29) is 16.7 Å². The van der Waals surface area contributed by atoms with Crippen LogP contribution < -0.4 is 5.32 Å². The van der Waals surface area contributed by atoms with Gasteiger partial charge in [-0.3, -0.25) is 9.78 Å². The number of hydrogen-bond donors (Lipinski definition) is 1. The van der Waals surface area contributed by atoms with Gasteiger partial charge in [0, 0.05) is 50.4 Å². The number of amides is 1. The molecule has 0 aromatic carbocycles. The van der Waals surface area contributed by atoms with E-state index in [0.29, 0.717) is 38.5 Å². The van der Waals surface area contributed by atoms with Crippen molar-refractivity contribution in [1.82, 2.24) is 29.4 Å². The van der Waals surface area contributed by atoms with Gasteiger partial charge >= 0.3 is 0 Å². The molecule has 11 heteroatoms. The second-order valence-electron chi connectivity index (χ2n) is 8.67. The van der Waals surface area contributed by atoms with E-state index in [4.69, 9.17) is 0 Å². The van der Waals surface area contributed by atoms with Gasteiger partial charge in [-0.25, -0.2) is 8.42 Å². The number of rotatable bonds is 9. The summed E-state index contributed by atoms with van der Waals surface area (Å²) in [5.41, 5.74) is 0. The maximum absolute atomic E-state index is 12.7. The molecule has 9 nitrogen and oxygen atoms in total. The largest absolute Gasteiger partial charge is 0.356 e. The summed E-state index contributed by atoms with van der Waals surface area (Å²) in [5, 5.41) is 12.8. The van der Waals surface area contributed by atoms with Crippen LogP contribution in [-0.2, 0) is 21.2 Å². The topological polar surface area (TPSA) is 110 Å². The monoisotopic (exact) mass is 492 g/mol. The lowest BCUT2D eigenvalue weighted by Crippen LogP contribution is -2.43. The molecule has 1 aliphatic carbocycles. The first-order valence-corrected chi connectivity index (χ1v) is 14.3. The van der Waals surface area contributed by atoms with Gasteiger partial charge in [0.2, 0.25) is 15.9 Å². The average molecular weight is 493 g/mol. The zero-order valence-corrected chi connectivity index (χ0v) is 20.7. The Hall–Kier alpha value is -1.98. The van der Waals surface area contributed by atoms with Crippen molar-refractivity contribution < 1.29 is 13.2 Å². The van der Waals surface area contributed by atoms with Crippen molar-refractivity contribution in [1.29, 1.82) is 0 Å². The van der Waals surface area contributed by atoms with Gasteiger partial charge in [0.25, 0.3) is 0 Å². The molecule has 2 fully saturated rings. The quantitative estimate of drug-likeness (QED) is 0.423. The Kier molecular flexibility index (Phi) is 8.02. The lowest BCUT2D eigenvalue weighted by atomic mass is 9.97. The Labute approximate surface area is 199 Å². The van der Waals surface area contributed by atoms with Crippen LogP contribution >= 0.6 is 11.8 Å². The molecule has 1 saturated heterocycles. The first-order chi connectivity index (χ1) is 16.0. The second-order valence-corrected chi connectivity index (χ2v) is 11.4. The Morgan fingerprint density at radius 1 is 1.18 bits per heavy atom. The van der Waals surface area contributed by atoms with E-state index < -0.39 is 10.0 Å². The number of aryl methyl sites for hydroxylation is 1. The Bertz CT molecular complexity index is 1030. The van der Waals surface area contributed by atoms with Gasteiger partial charge < -0.3 is 9.88 Å². The first-order valence-electron chi connectivity index (χ1n) is 11.7. The van der Waals surface area contributed by atoms with E-state index >= 15 is 0 Å². The SMILES string of the molecule is CSc1nnc(CCCNC(=O)C2CCN(S(=O)(=O)c3cccnc3)CC2)n1C1CCCC1. The van der Waals surface area contributed by atoms with Crippen molar-refractivity contribution in [2.24, 2.45) is 5.92 Å². The molecule has 0 bridgehead atoms. The fourth-order valence-electron chi connectivity index (χ4n) is 4.76. The number of piperidine rings is 1. The molecule has 3 heterocycles. The van der Waals surface area contributed by atoms with E-state index in [1.807, 2.05) is 6.26 Å². The third-order valence-electron chi connectivity index (χ3n) is 6.58. The summed E-state index contributed by atoms with van der Waals surface area (Å²) in [7, 11) is -3.55. The summed E-state index contributed by atoms with van der Waals surface area (Å²) in [5.74, 6) is 0.862. The van der Waals surface area contributed by atoms with Gasteiger partial charge in [0.05, 0.1) is 0 Å². The van der Waals surface area contributed by atoms with E-state index in [1.54, 1.807) is 30.1 Å². The van der Waals surface area contributed by atoms with Crippen molar-refractivity contribution in [3.05, 3.63) is 30.4 Å². The first kappa shape index (κ1) is 24.2. The second kappa shape index (κ2) is 11.0. The fourth-order valence-corrected chi connectivity index (χ4v) is 6.76. The van der Waals surface area contributed by atoms with E-state index in [2.05, 4.69) is 25.1 Å². The highest BCUT2D eigenvalue weighted by molar-refractivity contribution is 7.98. The predicted octanol–water partition coefficient (Wildman–Crippen LogP) is 2.66. The molecule has 1 amide bonds. The smallest absolute Gasteiger partial charge is 0.244 e. The molecule has 0 unspecified atom stereocenters. The maximum Gasteiger partial charge on any atom is 0.244 e. The molecule has 4 rings (SSSR count). The highest BCUT2D eigenvalue weighted by Gasteiger charge is 2.32. The summed E-state index contributed by atoms with van der Waals surface area (Å²) < 4.78 is 29.2. The molecule has 0 atom stereocenters. The van der Waals surface area contributed by atoms with E-state index in [1.165, 1.54) is 36.2 Å². The molecule has 1 aliphatic heterocycles. The molecule has 33 heavy (non-hydrogen) atoms. The molecule has 1 saturated carbocycles. The number of nitrogens with zero attached hydrogens (tertiary/aromatic N) is 5. The Balaban J connectivity index is 1.23. The fraction of sp³-hybridized carbons (Fsp3) is 0.636. The zero-order chi connectivity index (χ0) is 23.3. The lowest BCUT2D eigenvalue weighted by molar-refractivity contribution is -0.126. The minimum Gasteiger partial charge on any atom is -0.356 e. The molecule has 0 spiro atoms. The van der Waals surface area contributed by atoms with Gasteiger partial charge in [-0.1, -0.05) is 24.6 Å². The Morgan fingerprint density at radius 2 is 1.94 bits per heavy atom. The number of sulfonamides is 1.